The fourth-order valence-electron chi connectivity index (χ4n) is 3.29. The van der Waals surface area contributed by atoms with Gasteiger partial charge in [-0.05, 0) is 51.2 Å². The maximum atomic E-state index is 4.69. The van der Waals surface area contributed by atoms with Crippen molar-refractivity contribution in [2.24, 2.45) is 0 Å². The van der Waals surface area contributed by atoms with E-state index in [4.69, 9.17) is 4.98 Å². The van der Waals surface area contributed by atoms with E-state index in [1.807, 2.05) is 0 Å². The molecule has 1 aromatic heterocycles. The van der Waals surface area contributed by atoms with Crippen LogP contribution in [0, 0.1) is 13.8 Å². The van der Waals surface area contributed by atoms with E-state index in [0.29, 0.717) is 12.0 Å². The molecular formula is C18H25N5. The molecule has 1 fully saturated rings. The average molecular weight is 311 g/mol. The Labute approximate surface area is 138 Å². The fourth-order valence-corrected chi connectivity index (χ4v) is 3.29. The molecule has 1 aliphatic heterocycles. The number of anilines is 3. The first-order chi connectivity index (χ1) is 11.2. The van der Waals surface area contributed by atoms with Crippen LogP contribution in [0.4, 0.5) is 17.5 Å². The van der Waals surface area contributed by atoms with Gasteiger partial charge in [-0.1, -0.05) is 24.6 Å². The molecule has 0 radical (unpaired) electrons. The van der Waals surface area contributed by atoms with Crippen molar-refractivity contribution in [3.05, 3.63) is 35.5 Å². The van der Waals surface area contributed by atoms with E-state index in [-0.39, 0.29) is 0 Å². The zero-order valence-corrected chi connectivity index (χ0v) is 14.2. The molecule has 23 heavy (non-hydrogen) atoms. The summed E-state index contributed by atoms with van der Waals surface area (Å²) in [6.45, 7) is 7.48. The van der Waals surface area contributed by atoms with Crippen LogP contribution in [0.3, 0.4) is 0 Å². The predicted molar refractivity (Wildman–Crippen MR) is 94.3 cm³/mol. The van der Waals surface area contributed by atoms with Crippen LogP contribution in [0.15, 0.2) is 24.4 Å². The van der Waals surface area contributed by atoms with Crippen molar-refractivity contribution >= 4 is 17.5 Å². The van der Waals surface area contributed by atoms with E-state index in [0.717, 1.165) is 24.5 Å². The topological polar surface area (TPSA) is 53.9 Å². The van der Waals surface area contributed by atoms with E-state index in [1.54, 1.807) is 6.20 Å². The second-order valence-electron chi connectivity index (χ2n) is 6.33. The molecule has 2 heterocycles. The van der Waals surface area contributed by atoms with E-state index >= 15 is 0 Å². The number of hydrogen-bond donors (Lipinski definition) is 1. The van der Waals surface area contributed by atoms with Crippen molar-refractivity contribution in [3.8, 4) is 0 Å². The van der Waals surface area contributed by atoms with E-state index in [2.05, 4.69) is 59.4 Å². The maximum absolute atomic E-state index is 4.69. The van der Waals surface area contributed by atoms with Crippen LogP contribution in [-0.4, -0.2) is 27.8 Å². The van der Waals surface area contributed by atoms with Gasteiger partial charge in [0.2, 0.25) is 5.95 Å². The number of nitrogens with one attached hydrogen (secondary N) is 1. The predicted octanol–water partition coefficient (Wildman–Crippen LogP) is 4.00. The van der Waals surface area contributed by atoms with Gasteiger partial charge >= 0.3 is 0 Å². The lowest BCUT2D eigenvalue weighted by Gasteiger charge is -2.35. The molecule has 0 amide bonds. The maximum Gasteiger partial charge on any atom is 0.249 e. The quantitative estimate of drug-likeness (QED) is 0.925. The summed E-state index contributed by atoms with van der Waals surface area (Å²) in [5.74, 6) is 1.49. The van der Waals surface area contributed by atoms with Crippen LogP contribution < -0.4 is 10.2 Å². The second-order valence-corrected chi connectivity index (χ2v) is 6.33. The average Bonchev–Trinajstić information content (AvgIpc) is 2.58. The highest BCUT2D eigenvalue weighted by Crippen LogP contribution is 2.26. The molecule has 0 bridgehead atoms. The number of aromatic nitrogens is 3. The highest BCUT2D eigenvalue weighted by molar-refractivity contribution is 5.59. The van der Waals surface area contributed by atoms with Crippen LogP contribution >= 0.6 is 0 Å². The Balaban J connectivity index is 1.82. The van der Waals surface area contributed by atoms with Crippen LogP contribution in [0.25, 0.3) is 0 Å². The molecule has 1 unspecified atom stereocenters. The van der Waals surface area contributed by atoms with Crippen LogP contribution in [-0.2, 0) is 0 Å². The zero-order chi connectivity index (χ0) is 16.2. The van der Waals surface area contributed by atoms with Crippen molar-refractivity contribution in [2.75, 3.05) is 16.8 Å². The second kappa shape index (κ2) is 6.94. The van der Waals surface area contributed by atoms with E-state index in [9.17, 15) is 0 Å². The van der Waals surface area contributed by atoms with Gasteiger partial charge in [-0.15, -0.1) is 5.10 Å². The molecule has 1 atom stereocenters. The molecule has 5 heteroatoms. The molecule has 5 nitrogen and oxygen atoms in total. The van der Waals surface area contributed by atoms with Gasteiger partial charge in [0.05, 0.1) is 6.20 Å². The molecule has 3 rings (SSSR count). The summed E-state index contributed by atoms with van der Waals surface area (Å²) in [6, 6.07) is 6.87. The third-order valence-electron chi connectivity index (χ3n) is 4.57. The first kappa shape index (κ1) is 15.7. The third-order valence-corrected chi connectivity index (χ3v) is 4.57. The molecule has 2 aromatic rings. The van der Waals surface area contributed by atoms with Gasteiger partial charge in [0.1, 0.15) is 0 Å². The molecule has 0 saturated carbocycles. The lowest BCUT2D eigenvalue weighted by molar-refractivity contribution is 0.446. The Kier molecular flexibility index (Phi) is 4.74. The summed E-state index contributed by atoms with van der Waals surface area (Å²) in [4.78, 5) is 7.07. The third kappa shape index (κ3) is 3.60. The largest absolute Gasteiger partial charge is 0.352 e. The number of nitrogens with zero attached hydrogens (tertiary/aromatic N) is 4. The SMILES string of the molecule is CCC1CCCCN1c1cnnc(Nc2ccc(C)cc2C)n1. The molecule has 1 aliphatic rings. The van der Waals surface area contributed by atoms with Crippen LogP contribution in [0.1, 0.15) is 43.7 Å². The number of aryl methyl sites for hydroxylation is 2. The number of benzene rings is 1. The number of rotatable bonds is 4. The summed E-state index contributed by atoms with van der Waals surface area (Å²) in [6.07, 6.45) is 6.69. The summed E-state index contributed by atoms with van der Waals surface area (Å²) in [7, 11) is 0. The summed E-state index contributed by atoms with van der Waals surface area (Å²) in [5.41, 5.74) is 3.46. The van der Waals surface area contributed by atoms with Gasteiger partial charge in [-0.2, -0.15) is 10.1 Å². The first-order valence-electron chi connectivity index (χ1n) is 8.48. The van der Waals surface area contributed by atoms with Crippen molar-refractivity contribution in [2.45, 2.75) is 52.5 Å². The Morgan fingerprint density at radius 1 is 1.26 bits per heavy atom. The molecule has 1 N–H and O–H groups in total. The van der Waals surface area contributed by atoms with E-state index < -0.39 is 0 Å². The van der Waals surface area contributed by atoms with Crippen molar-refractivity contribution in [1.82, 2.24) is 15.2 Å². The van der Waals surface area contributed by atoms with Crippen molar-refractivity contribution < 1.29 is 0 Å². The monoisotopic (exact) mass is 311 g/mol. The van der Waals surface area contributed by atoms with Gasteiger partial charge in [-0.25, -0.2) is 0 Å². The number of piperidine rings is 1. The standard InChI is InChI=1S/C18H25N5/c1-4-15-7-5-6-10-23(15)17-12-19-22-18(21-17)20-16-9-8-13(2)11-14(16)3/h8-9,11-12,15H,4-7,10H2,1-3H3,(H,20,21,22). The Morgan fingerprint density at radius 3 is 2.91 bits per heavy atom. The Bertz CT molecular complexity index is 670. The van der Waals surface area contributed by atoms with E-state index in [1.165, 1.54) is 30.4 Å². The Hall–Kier alpha value is -2.17. The van der Waals surface area contributed by atoms with Gasteiger partial charge in [0.25, 0.3) is 0 Å². The molecule has 0 spiro atoms. The molecule has 1 saturated heterocycles. The van der Waals surface area contributed by atoms with Gasteiger partial charge in [0, 0.05) is 18.3 Å². The zero-order valence-electron chi connectivity index (χ0n) is 14.2. The smallest absolute Gasteiger partial charge is 0.249 e. The molecular weight excluding hydrogens is 286 g/mol. The summed E-state index contributed by atoms with van der Waals surface area (Å²) in [5, 5.41) is 11.6. The molecule has 0 aliphatic carbocycles. The minimum Gasteiger partial charge on any atom is -0.352 e. The minimum absolute atomic E-state index is 0.564. The number of hydrogen-bond acceptors (Lipinski definition) is 5. The molecule has 1 aromatic carbocycles. The van der Waals surface area contributed by atoms with Gasteiger partial charge < -0.3 is 10.2 Å². The first-order valence-corrected chi connectivity index (χ1v) is 8.48. The minimum atomic E-state index is 0.564. The van der Waals surface area contributed by atoms with Gasteiger partial charge in [0.15, 0.2) is 5.82 Å². The van der Waals surface area contributed by atoms with Crippen molar-refractivity contribution in [1.29, 1.82) is 0 Å². The highest BCUT2D eigenvalue weighted by atomic mass is 15.3. The Morgan fingerprint density at radius 2 is 2.13 bits per heavy atom. The van der Waals surface area contributed by atoms with Crippen LogP contribution in [0.2, 0.25) is 0 Å². The van der Waals surface area contributed by atoms with Crippen molar-refractivity contribution in [3.63, 3.8) is 0 Å². The fraction of sp³-hybridized carbons (Fsp3) is 0.500. The van der Waals surface area contributed by atoms with Gasteiger partial charge in [-0.3, -0.25) is 0 Å². The highest BCUT2D eigenvalue weighted by Gasteiger charge is 2.22. The summed E-state index contributed by atoms with van der Waals surface area (Å²) < 4.78 is 0. The lowest BCUT2D eigenvalue weighted by Crippen LogP contribution is -2.39. The molecule has 122 valence electrons. The lowest BCUT2D eigenvalue weighted by atomic mass is 10.0. The summed E-state index contributed by atoms with van der Waals surface area (Å²) >= 11 is 0. The van der Waals surface area contributed by atoms with Crippen LogP contribution in [0.5, 0.6) is 0 Å². The normalized spacial score (nSPS) is 18.0.